The third-order valence-electron chi connectivity index (χ3n) is 6.04. The van der Waals surface area contributed by atoms with Crippen LogP contribution >= 0.6 is 24.4 Å². The maximum Gasteiger partial charge on any atom is 0.169 e. The van der Waals surface area contributed by atoms with Crippen molar-refractivity contribution in [1.82, 2.24) is 20.4 Å². The molecule has 1 saturated heterocycles. The molecular weight excluding hydrogens is 348 g/mol. The molecule has 0 amide bonds. The van der Waals surface area contributed by atoms with Crippen molar-refractivity contribution in [2.75, 3.05) is 19.6 Å². The van der Waals surface area contributed by atoms with Crippen molar-refractivity contribution in [2.24, 2.45) is 0 Å². The van der Waals surface area contributed by atoms with E-state index in [1.165, 1.54) is 64.2 Å². The molecule has 2 N–H and O–H groups in total. The predicted octanol–water partition coefficient (Wildman–Crippen LogP) is 3.41. The normalized spacial score (nSPS) is 26.4. The van der Waals surface area contributed by atoms with E-state index in [-0.39, 0.29) is 0 Å². The van der Waals surface area contributed by atoms with Gasteiger partial charge in [-0.15, -0.1) is 0 Å². The molecule has 0 aromatic carbocycles. The quantitative estimate of drug-likeness (QED) is 0.712. The fourth-order valence-corrected chi connectivity index (χ4v) is 5.23. The molecule has 2 saturated carbocycles. The Balaban J connectivity index is 1.44. The molecule has 6 heteroatoms. The van der Waals surface area contributed by atoms with Crippen molar-refractivity contribution in [3.63, 3.8) is 0 Å². The second kappa shape index (κ2) is 9.36. The van der Waals surface area contributed by atoms with E-state index in [2.05, 4.69) is 27.4 Å². The predicted molar refractivity (Wildman–Crippen MR) is 113 cm³/mol. The molecule has 1 aliphatic heterocycles. The molecule has 0 aromatic rings. The molecule has 3 fully saturated rings. The van der Waals surface area contributed by atoms with Gasteiger partial charge in [-0.25, -0.2) is 0 Å². The van der Waals surface area contributed by atoms with E-state index in [0.29, 0.717) is 18.1 Å². The zero-order valence-corrected chi connectivity index (χ0v) is 17.3. The molecule has 0 unspecified atom stereocenters. The van der Waals surface area contributed by atoms with Gasteiger partial charge in [-0.1, -0.05) is 38.5 Å². The van der Waals surface area contributed by atoms with Gasteiger partial charge in [0, 0.05) is 37.8 Å². The molecule has 3 rings (SSSR count). The molecule has 0 aromatic heterocycles. The van der Waals surface area contributed by atoms with Gasteiger partial charge in [0.15, 0.2) is 10.2 Å². The van der Waals surface area contributed by atoms with Gasteiger partial charge in [-0.2, -0.15) is 0 Å². The largest absolute Gasteiger partial charge is 0.360 e. The van der Waals surface area contributed by atoms with E-state index in [9.17, 15) is 0 Å². The maximum atomic E-state index is 5.71. The maximum absolute atomic E-state index is 5.71. The Kier molecular flexibility index (Phi) is 7.17. The monoisotopic (exact) mass is 382 g/mol. The second-order valence-corrected chi connectivity index (χ2v) is 8.83. The van der Waals surface area contributed by atoms with Crippen LogP contribution in [0.2, 0.25) is 0 Å². The third-order valence-corrected chi connectivity index (χ3v) is 6.77. The first-order chi connectivity index (χ1) is 12.1. The lowest BCUT2D eigenvalue weighted by molar-refractivity contribution is 0.189. The average Bonchev–Trinajstić information content (AvgIpc) is 2.63. The number of rotatable bonds is 2. The van der Waals surface area contributed by atoms with Crippen LogP contribution in [0.25, 0.3) is 0 Å². The zero-order chi connectivity index (χ0) is 17.6. The summed E-state index contributed by atoms with van der Waals surface area (Å²) in [6, 6.07) is 1.58. The molecule has 4 nitrogen and oxygen atoms in total. The number of nitrogens with zero attached hydrogens (tertiary/aromatic N) is 2. The van der Waals surface area contributed by atoms with Crippen LogP contribution in [0.1, 0.15) is 71.1 Å². The molecule has 2 aliphatic carbocycles. The van der Waals surface area contributed by atoms with Gasteiger partial charge in [0.25, 0.3) is 0 Å². The Labute approximate surface area is 164 Å². The summed E-state index contributed by atoms with van der Waals surface area (Å²) >= 11 is 11.4. The number of nitrogens with one attached hydrogen (secondary N) is 2. The Morgan fingerprint density at radius 1 is 0.760 bits per heavy atom. The topological polar surface area (TPSA) is 30.5 Å². The van der Waals surface area contributed by atoms with Crippen LogP contribution in [0, 0.1) is 0 Å². The average molecular weight is 383 g/mol. The Hall–Kier alpha value is -0.620. The number of thiocarbonyl (C=S) groups is 2. The standard InChI is InChI=1S/C19H34N4S2/c1-15-14-22(18(24)20-16-8-4-2-5-9-16)12-13-23(15)19(25)21-17-10-6-3-7-11-17/h15-17H,2-14H2,1H3,(H,20,24)(H,21,25)/t15-/m0/s1. The summed E-state index contributed by atoms with van der Waals surface area (Å²) < 4.78 is 0. The van der Waals surface area contributed by atoms with Gasteiger partial charge in [0.05, 0.1) is 0 Å². The van der Waals surface area contributed by atoms with Crippen LogP contribution in [-0.4, -0.2) is 57.8 Å². The fraction of sp³-hybridized carbons (Fsp3) is 0.895. The number of hydrogen-bond donors (Lipinski definition) is 2. The van der Waals surface area contributed by atoms with E-state index in [1.54, 1.807) is 0 Å². The van der Waals surface area contributed by atoms with E-state index in [1.807, 2.05) is 0 Å². The Morgan fingerprint density at radius 3 is 1.80 bits per heavy atom. The van der Waals surface area contributed by atoms with Crippen molar-refractivity contribution >= 4 is 34.7 Å². The zero-order valence-electron chi connectivity index (χ0n) is 15.6. The summed E-state index contributed by atoms with van der Waals surface area (Å²) in [5.74, 6) is 0. The molecule has 0 spiro atoms. The summed E-state index contributed by atoms with van der Waals surface area (Å²) in [5, 5.41) is 9.13. The third kappa shape index (κ3) is 5.43. The van der Waals surface area contributed by atoms with Gasteiger partial charge in [-0.05, 0) is 57.0 Å². The van der Waals surface area contributed by atoms with Crippen LogP contribution in [-0.2, 0) is 0 Å². The van der Waals surface area contributed by atoms with E-state index >= 15 is 0 Å². The minimum atomic E-state index is 0.406. The van der Waals surface area contributed by atoms with Crippen molar-refractivity contribution in [3.05, 3.63) is 0 Å². The lowest BCUT2D eigenvalue weighted by Crippen LogP contribution is -2.60. The second-order valence-electron chi connectivity index (χ2n) is 8.06. The summed E-state index contributed by atoms with van der Waals surface area (Å²) in [6.45, 7) is 5.16. The molecule has 0 radical (unpaired) electrons. The minimum Gasteiger partial charge on any atom is -0.360 e. The first-order valence-electron chi connectivity index (χ1n) is 10.3. The lowest BCUT2D eigenvalue weighted by atomic mass is 9.95. The smallest absolute Gasteiger partial charge is 0.169 e. The fourth-order valence-electron chi connectivity index (χ4n) is 4.46. The van der Waals surface area contributed by atoms with E-state index < -0.39 is 0 Å². The summed E-state index contributed by atoms with van der Waals surface area (Å²) in [7, 11) is 0. The van der Waals surface area contributed by atoms with Crippen LogP contribution in [0.3, 0.4) is 0 Å². The molecule has 1 atom stereocenters. The highest BCUT2D eigenvalue weighted by Gasteiger charge is 2.28. The van der Waals surface area contributed by atoms with Crippen molar-refractivity contribution < 1.29 is 0 Å². The molecule has 3 aliphatic rings. The van der Waals surface area contributed by atoms with Crippen LogP contribution in [0.4, 0.5) is 0 Å². The van der Waals surface area contributed by atoms with Crippen LogP contribution in [0.5, 0.6) is 0 Å². The molecular formula is C19H34N4S2. The highest BCUT2D eigenvalue weighted by molar-refractivity contribution is 7.80. The first kappa shape index (κ1) is 19.2. The van der Waals surface area contributed by atoms with Crippen molar-refractivity contribution in [1.29, 1.82) is 0 Å². The van der Waals surface area contributed by atoms with Gasteiger partial charge in [0.1, 0.15) is 0 Å². The van der Waals surface area contributed by atoms with Gasteiger partial charge < -0.3 is 20.4 Å². The first-order valence-corrected chi connectivity index (χ1v) is 11.1. The summed E-state index contributed by atoms with van der Waals surface area (Å²) in [5.41, 5.74) is 0. The lowest BCUT2D eigenvalue weighted by Gasteiger charge is -2.43. The Morgan fingerprint density at radius 2 is 1.28 bits per heavy atom. The van der Waals surface area contributed by atoms with E-state index in [0.717, 1.165) is 29.9 Å². The van der Waals surface area contributed by atoms with Gasteiger partial charge >= 0.3 is 0 Å². The van der Waals surface area contributed by atoms with E-state index in [4.69, 9.17) is 24.4 Å². The molecule has 1 heterocycles. The van der Waals surface area contributed by atoms with Gasteiger partial charge in [0.2, 0.25) is 0 Å². The minimum absolute atomic E-state index is 0.406. The molecule has 0 bridgehead atoms. The molecule has 142 valence electrons. The Bertz CT molecular complexity index is 458. The van der Waals surface area contributed by atoms with Crippen LogP contribution < -0.4 is 10.6 Å². The van der Waals surface area contributed by atoms with Crippen molar-refractivity contribution in [2.45, 2.75) is 89.3 Å². The number of piperazine rings is 1. The SMILES string of the molecule is C[C@H]1CN(C(=S)NC2CCCCC2)CCN1C(=S)NC1CCCCC1. The highest BCUT2D eigenvalue weighted by atomic mass is 32.1. The summed E-state index contributed by atoms with van der Waals surface area (Å²) in [6.07, 6.45) is 13.2. The van der Waals surface area contributed by atoms with Crippen LogP contribution in [0.15, 0.2) is 0 Å². The van der Waals surface area contributed by atoms with Gasteiger partial charge in [-0.3, -0.25) is 0 Å². The highest BCUT2D eigenvalue weighted by Crippen LogP contribution is 2.20. The number of hydrogen-bond acceptors (Lipinski definition) is 2. The van der Waals surface area contributed by atoms with Crippen molar-refractivity contribution in [3.8, 4) is 0 Å². The summed E-state index contributed by atoms with van der Waals surface area (Å²) in [4.78, 5) is 4.71. The molecule has 25 heavy (non-hydrogen) atoms.